The van der Waals surface area contributed by atoms with E-state index in [1.54, 1.807) is 0 Å². The van der Waals surface area contributed by atoms with E-state index < -0.39 is 33.5 Å². The molecule has 2 aromatic carbocycles. The maximum Gasteiger partial charge on any atom is 0.534 e. The highest BCUT2D eigenvalue weighted by Crippen LogP contribution is 2.40. The molecule has 0 radical (unpaired) electrons. The van der Waals surface area contributed by atoms with E-state index >= 15 is 0 Å². The zero-order valence-corrected chi connectivity index (χ0v) is 13.0. The highest BCUT2D eigenvalue weighted by molar-refractivity contribution is 7.88. The first-order valence-electron chi connectivity index (χ1n) is 6.64. The third kappa shape index (κ3) is 4.44. The van der Waals surface area contributed by atoms with E-state index in [0.717, 1.165) is 24.3 Å². The molecule has 0 aromatic heterocycles. The average Bonchev–Trinajstić information content (AvgIpc) is 2.47. The van der Waals surface area contributed by atoms with Crippen molar-refractivity contribution in [2.24, 2.45) is 0 Å². The van der Waals surface area contributed by atoms with Gasteiger partial charge in [0.05, 0.1) is 0 Å². The molecule has 1 unspecified atom stereocenters. The molecule has 0 heterocycles. The highest BCUT2D eigenvalue weighted by Gasteiger charge is 2.48. The number of alkyl halides is 6. The van der Waals surface area contributed by atoms with Gasteiger partial charge < -0.3 is 4.18 Å². The van der Waals surface area contributed by atoms with Crippen molar-refractivity contribution >= 4 is 10.1 Å². The van der Waals surface area contributed by atoms with Crippen LogP contribution in [-0.2, 0) is 10.1 Å². The number of hydrogen-bond donors (Lipinski definition) is 0. The quantitative estimate of drug-likeness (QED) is 0.439. The normalized spacial score (nSPS) is 14.2. The Balaban J connectivity index is 2.34. The third-order valence-corrected chi connectivity index (χ3v) is 4.14. The summed E-state index contributed by atoms with van der Waals surface area (Å²) in [6.07, 6.45) is -4.65. The van der Waals surface area contributed by atoms with Crippen molar-refractivity contribution in [3.63, 3.8) is 0 Å². The van der Waals surface area contributed by atoms with E-state index in [2.05, 4.69) is 4.18 Å². The SMILES string of the molecule is O=S(=O)(Oc1ccc(C(c2ccccc2)C(F)(F)F)cc1)C(F)(F)F. The summed E-state index contributed by atoms with van der Waals surface area (Å²) in [5.74, 6) is -2.75. The van der Waals surface area contributed by atoms with Crippen molar-refractivity contribution in [3.05, 3.63) is 65.7 Å². The van der Waals surface area contributed by atoms with Crippen molar-refractivity contribution < 1.29 is 38.9 Å². The van der Waals surface area contributed by atoms with Crippen molar-refractivity contribution in [1.82, 2.24) is 0 Å². The van der Waals surface area contributed by atoms with Gasteiger partial charge in [0.2, 0.25) is 0 Å². The summed E-state index contributed by atoms with van der Waals surface area (Å²) < 4.78 is 102. The average molecular weight is 384 g/mol. The van der Waals surface area contributed by atoms with Crippen LogP contribution in [0.15, 0.2) is 54.6 Å². The Hall–Kier alpha value is -2.23. The largest absolute Gasteiger partial charge is 0.534 e. The van der Waals surface area contributed by atoms with Gasteiger partial charge in [0, 0.05) is 0 Å². The summed E-state index contributed by atoms with van der Waals surface area (Å²) in [6, 6.07) is 10.1. The maximum absolute atomic E-state index is 13.3. The zero-order valence-electron chi connectivity index (χ0n) is 12.2. The predicted octanol–water partition coefficient (Wildman–Crippen LogP) is 4.61. The van der Waals surface area contributed by atoms with Gasteiger partial charge in [-0.3, -0.25) is 0 Å². The van der Waals surface area contributed by atoms with Gasteiger partial charge >= 0.3 is 21.8 Å². The van der Waals surface area contributed by atoms with Gasteiger partial charge in [-0.1, -0.05) is 42.5 Å². The van der Waals surface area contributed by atoms with E-state index in [0.29, 0.717) is 0 Å². The van der Waals surface area contributed by atoms with E-state index in [-0.39, 0.29) is 11.1 Å². The fraction of sp³-hybridized carbons (Fsp3) is 0.200. The van der Waals surface area contributed by atoms with E-state index in [4.69, 9.17) is 0 Å². The first-order chi connectivity index (χ1) is 11.4. The van der Waals surface area contributed by atoms with Crippen LogP contribution in [0.1, 0.15) is 17.0 Å². The van der Waals surface area contributed by atoms with Crippen LogP contribution in [0.25, 0.3) is 0 Å². The van der Waals surface area contributed by atoms with Gasteiger partial charge in [-0.15, -0.1) is 0 Å². The van der Waals surface area contributed by atoms with E-state index in [1.165, 1.54) is 30.3 Å². The predicted molar refractivity (Wildman–Crippen MR) is 76.4 cm³/mol. The lowest BCUT2D eigenvalue weighted by Crippen LogP contribution is -2.28. The third-order valence-electron chi connectivity index (χ3n) is 3.16. The molecular formula is C15H10F6O3S. The first-order valence-corrected chi connectivity index (χ1v) is 8.05. The lowest BCUT2D eigenvalue weighted by atomic mass is 9.91. The Morgan fingerprint density at radius 3 is 1.68 bits per heavy atom. The standard InChI is InChI=1S/C15H10F6O3S/c16-14(17,18)13(10-4-2-1-3-5-10)11-6-8-12(9-7-11)24-25(22,23)15(19,20)21/h1-9,13H. The molecule has 0 N–H and O–H groups in total. The minimum absolute atomic E-state index is 0.0634. The molecule has 0 amide bonds. The van der Waals surface area contributed by atoms with Crippen molar-refractivity contribution in [3.8, 4) is 5.75 Å². The van der Waals surface area contributed by atoms with Crippen LogP contribution in [-0.4, -0.2) is 20.1 Å². The van der Waals surface area contributed by atoms with E-state index in [9.17, 15) is 34.8 Å². The van der Waals surface area contributed by atoms with Crippen LogP contribution in [0, 0.1) is 0 Å². The minimum atomic E-state index is -5.89. The Morgan fingerprint density at radius 1 is 0.760 bits per heavy atom. The summed E-state index contributed by atoms with van der Waals surface area (Å²) >= 11 is 0. The first kappa shape index (κ1) is 19.1. The molecule has 25 heavy (non-hydrogen) atoms. The maximum atomic E-state index is 13.3. The topological polar surface area (TPSA) is 43.4 Å². The van der Waals surface area contributed by atoms with Crippen molar-refractivity contribution in [2.45, 2.75) is 17.6 Å². The second-order valence-electron chi connectivity index (χ2n) is 4.94. The molecule has 0 aliphatic carbocycles. The van der Waals surface area contributed by atoms with Crippen LogP contribution >= 0.6 is 0 Å². The van der Waals surface area contributed by atoms with Crippen LogP contribution in [0.2, 0.25) is 0 Å². The Kier molecular flexibility index (Phi) is 5.03. The van der Waals surface area contributed by atoms with Gasteiger partial charge in [-0.25, -0.2) is 0 Å². The molecule has 0 saturated heterocycles. The Bertz CT molecular complexity index is 811. The van der Waals surface area contributed by atoms with Crippen molar-refractivity contribution in [1.29, 1.82) is 0 Å². The summed E-state index contributed by atoms with van der Waals surface area (Å²) in [5, 5.41) is 0. The second-order valence-corrected chi connectivity index (χ2v) is 6.48. The number of hydrogen-bond acceptors (Lipinski definition) is 3. The molecule has 136 valence electrons. The summed E-state index contributed by atoms with van der Waals surface area (Å²) in [7, 11) is -5.89. The molecule has 0 bridgehead atoms. The Labute approximate surface area is 139 Å². The molecule has 0 fully saturated rings. The van der Waals surface area contributed by atoms with Crippen LogP contribution in [0.4, 0.5) is 26.3 Å². The zero-order chi connectivity index (χ0) is 18.9. The van der Waals surface area contributed by atoms with E-state index in [1.807, 2.05) is 0 Å². The molecule has 0 spiro atoms. The van der Waals surface area contributed by atoms with Crippen LogP contribution in [0.3, 0.4) is 0 Å². The molecular weight excluding hydrogens is 374 g/mol. The Morgan fingerprint density at radius 2 is 1.24 bits per heavy atom. The van der Waals surface area contributed by atoms with Crippen molar-refractivity contribution in [2.75, 3.05) is 0 Å². The van der Waals surface area contributed by atoms with Gasteiger partial charge in [0.1, 0.15) is 11.7 Å². The van der Waals surface area contributed by atoms with Crippen LogP contribution in [0.5, 0.6) is 5.75 Å². The summed E-state index contributed by atoms with van der Waals surface area (Å²) in [5.41, 5.74) is -5.97. The lowest BCUT2D eigenvalue weighted by molar-refractivity contribution is -0.141. The van der Waals surface area contributed by atoms with Gasteiger partial charge in [-0.05, 0) is 23.3 Å². The lowest BCUT2D eigenvalue weighted by Gasteiger charge is -2.21. The number of rotatable bonds is 4. The monoisotopic (exact) mass is 384 g/mol. The number of halogens is 6. The molecule has 0 saturated carbocycles. The molecule has 2 rings (SSSR count). The molecule has 2 aromatic rings. The molecule has 3 nitrogen and oxygen atoms in total. The van der Waals surface area contributed by atoms with Gasteiger partial charge in [0.15, 0.2) is 0 Å². The number of benzene rings is 2. The molecule has 0 aliphatic rings. The van der Waals surface area contributed by atoms with Crippen LogP contribution < -0.4 is 4.18 Å². The molecule has 0 aliphatic heterocycles. The minimum Gasteiger partial charge on any atom is -0.376 e. The second kappa shape index (κ2) is 6.58. The summed E-state index contributed by atoms with van der Waals surface area (Å²) in [4.78, 5) is 0. The molecule has 1 atom stereocenters. The smallest absolute Gasteiger partial charge is 0.376 e. The molecule has 10 heteroatoms. The fourth-order valence-electron chi connectivity index (χ4n) is 2.11. The highest BCUT2D eigenvalue weighted by atomic mass is 32.2. The van der Waals surface area contributed by atoms with Gasteiger partial charge in [-0.2, -0.15) is 34.8 Å². The summed E-state index contributed by atoms with van der Waals surface area (Å²) in [6.45, 7) is 0. The van der Waals surface area contributed by atoms with Gasteiger partial charge in [0.25, 0.3) is 0 Å². The fourth-order valence-corrected chi connectivity index (χ4v) is 2.56.